The van der Waals surface area contributed by atoms with E-state index in [-0.39, 0.29) is 5.57 Å². The Balaban J connectivity index is 5.04. The molecule has 6 nitrogen and oxygen atoms in total. The molecule has 0 aromatic heterocycles. The van der Waals surface area contributed by atoms with Crippen LogP contribution in [0.1, 0.15) is 40.5 Å². The van der Waals surface area contributed by atoms with E-state index in [2.05, 4.69) is 6.58 Å². The summed E-state index contributed by atoms with van der Waals surface area (Å²) < 4.78 is 20.9. The van der Waals surface area contributed by atoms with Crippen LogP contribution in [0, 0.1) is 0 Å². The van der Waals surface area contributed by atoms with Crippen molar-refractivity contribution in [3.63, 3.8) is 0 Å². The molecule has 0 aliphatic rings. The summed E-state index contributed by atoms with van der Waals surface area (Å²) in [6.07, 6.45) is -0.178. The van der Waals surface area contributed by atoms with Gasteiger partial charge in [0.1, 0.15) is 11.7 Å². The number of rotatable bonds is 7. The van der Waals surface area contributed by atoms with Crippen molar-refractivity contribution >= 4 is 13.8 Å². The van der Waals surface area contributed by atoms with E-state index in [9.17, 15) is 9.36 Å². The zero-order valence-electron chi connectivity index (χ0n) is 11.2. The van der Waals surface area contributed by atoms with Gasteiger partial charge in [-0.25, -0.2) is 9.36 Å². The van der Waals surface area contributed by atoms with Crippen LogP contribution in [0.5, 0.6) is 0 Å². The molecule has 0 saturated heterocycles. The molecule has 0 saturated carbocycles. The molecule has 18 heavy (non-hydrogen) atoms. The lowest BCUT2D eigenvalue weighted by molar-refractivity contribution is -0.158. The average molecular weight is 280 g/mol. The van der Waals surface area contributed by atoms with E-state index in [0.29, 0.717) is 12.8 Å². The maximum absolute atomic E-state index is 11.4. The number of carbonyl (C=O) groups is 1. The first-order valence-electron chi connectivity index (χ1n) is 5.70. The molecule has 7 heteroatoms. The topological polar surface area (TPSA) is 93.1 Å². The summed E-state index contributed by atoms with van der Waals surface area (Å²) in [5, 5.41) is 0. The molecule has 0 bridgehead atoms. The molecule has 0 aromatic rings. The largest absolute Gasteiger partial charge is 0.470 e. The van der Waals surface area contributed by atoms with Crippen LogP contribution in [0.2, 0.25) is 0 Å². The Kier molecular flexibility index (Phi) is 6.23. The van der Waals surface area contributed by atoms with Crippen LogP contribution in [0.25, 0.3) is 0 Å². The van der Waals surface area contributed by atoms with Gasteiger partial charge >= 0.3 is 13.8 Å². The zero-order valence-corrected chi connectivity index (χ0v) is 12.1. The Morgan fingerprint density at radius 1 is 1.39 bits per heavy atom. The fraction of sp³-hybridized carbons (Fsp3) is 0.727. The van der Waals surface area contributed by atoms with E-state index in [1.54, 1.807) is 20.8 Å². The van der Waals surface area contributed by atoms with Gasteiger partial charge in [0.25, 0.3) is 0 Å². The van der Waals surface area contributed by atoms with Crippen LogP contribution in [0.15, 0.2) is 12.2 Å². The Bertz CT molecular complexity index is 355. The molecule has 0 heterocycles. The Labute approximate surface area is 107 Å². The molecule has 0 spiro atoms. The lowest BCUT2D eigenvalue weighted by Gasteiger charge is -2.36. The van der Waals surface area contributed by atoms with E-state index in [0.717, 1.165) is 0 Å². The minimum absolute atomic E-state index is 0.221. The van der Waals surface area contributed by atoms with Gasteiger partial charge in [-0.05, 0) is 26.7 Å². The molecular formula is C11H21O6P. The van der Waals surface area contributed by atoms with Gasteiger partial charge < -0.3 is 14.5 Å². The van der Waals surface area contributed by atoms with E-state index in [1.165, 1.54) is 6.92 Å². The highest BCUT2D eigenvalue weighted by atomic mass is 31.2. The van der Waals surface area contributed by atoms with Crippen molar-refractivity contribution in [3.05, 3.63) is 12.2 Å². The van der Waals surface area contributed by atoms with Gasteiger partial charge in [-0.15, -0.1) is 0 Å². The lowest BCUT2D eigenvalue weighted by Crippen LogP contribution is -2.44. The Morgan fingerprint density at radius 2 is 1.83 bits per heavy atom. The second-order valence-electron chi connectivity index (χ2n) is 4.18. The SMILES string of the molecule is C=C(C)C(=O)OC(C)C(CC)(CC)OP(=O)(O)O. The monoisotopic (exact) mass is 280 g/mol. The minimum Gasteiger partial charge on any atom is -0.456 e. The van der Waals surface area contributed by atoms with Gasteiger partial charge in [0.2, 0.25) is 0 Å². The van der Waals surface area contributed by atoms with Crippen molar-refractivity contribution in [2.75, 3.05) is 0 Å². The first kappa shape index (κ1) is 17.3. The van der Waals surface area contributed by atoms with Crippen molar-refractivity contribution in [3.8, 4) is 0 Å². The highest BCUT2D eigenvalue weighted by molar-refractivity contribution is 7.46. The first-order valence-corrected chi connectivity index (χ1v) is 7.23. The van der Waals surface area contributed by atoms with E-state index >= 15 is 0 Å². The minimum atomic E-state index is -4.66. The predicted molar refractivity (Wildman–Crippen MR) is 66.8 cm³/mol. The van der Waals surface area contributed by atoms with E-state index in [1.807, 2.05) is 0 Å². The summed E-state index contributed by atoms with van der Waals surface area (Å²) >= 11 is 0. The molecule has 0 fully saturated rings. The third-order valence-electron chi connectivity index (χ3n) is 2.87. The summed E-state index contributed by atoms with van der Waals surface area (Å²) in [6, 6.07) is 0. The van der Waals surface area contributed by atoms with Gasteiger partial charge in [0.15, 0.2) is 0 Å². The van der Waals surface area contributed by atoms with Crippen LogP contribution in [0.4, 0.5) is 0 Å². The Hall–Kier alpha value is -0.680. The number of hydrogen-bond donors (Lipinski definition) is 2. The number of carbonyl (C=O) groups excluding carboxylic acids is 1. The second kappa shape index (κ2) is 6.48. The van der Waals surface area contributed by atoms with Crippen molar-refractivity contribution in [2.45, 2.75) is 52.2 Å². The molecule has 1 unspecified atom stereocenters. The van der Waals surface area contributed by atoms with Crippen LogP contribution in [0.3, 0.4) is 0 Å². The lowest BCUT2D eigenvalue weighted by atomic mass is 9.91. The van der Waals surface area contributed by atoms with Gasteiger partial charge in [-0.2, -0.15) is 0 Å². The van der Waals surface area contributed by atoms with E-state index in [4.69, 9.17) is 19.0 Å². The molecule has 0 aromatic carbocycles. The van der Waals surface area contributed by atoms with Gasteiger partial charge in [0, 0.05) is 5.57 Å². The van der Waals surface area contributed by atoms with E-state index < -0.39 is 25.5 Å². The normalized spacial score (nSPS) is 14.1. The van der Waals surface area contributed by atoms with Crippen LogP contribution >= 0.6 is 7.82 Å². The Morgan fingerprint density at radius 3 is 2.11 bits per heavy atom. The number of phosphoric ester groups is 1. The molecular weight excluding hydrogens is 259 g/mol. The van der Waals surface area contributed by atoms with Crippen LogP contribution < -0.4 is 0 Å². The summed E-state index contributed by atoms with van der Waals surface area (Å²) in [7, 11) is -4.66. The second-order valence-corrected chi connectivity index (χ2v) is 5.35. The fourth-order valence-corrected chi connectivity index (χ4v) is 2.51. The van der Waals surface area contributed by atoms with Gasteiger partial charge in [-0.3, -0.25) is 4.52 Å². The van der Waals surface area contributed by atoms with Gasteiger partial charge in [0.05, 0.1) is 0 Å². The zero-order chi connectivity index (χ0) is 14.6. The maximum Gasteiger partial charge on any atom is 0.470 e. The molecule has 2 N–H and O–H groups in total. The maximum atomic E-state index is 11.4. The molecule has 0 aliphatic carbocycles. The number of esters is 1. The van der Waals surface area contributed by atoms with Crippen LogP contribution in [-0.4, -0.2) is 27.5 Å². The highest BCUT2D eigenvalue weighted by Crippen LogP contribution is 2.45. The molecule has 1 atom stereocenters. The highest BCUT2D eigenvalue weighted by Gasteiger charge is 2.42. The number of phosphoric acid groups is 1. The summed E-state index contributed by atoms with van der Waals surface area (Å²) in [5.74, 6) is -0.608. The molecule has 106 valence electrons. The third kappa shape index (κ3) is 4.90. The van der Waals surface area contributed by atoms with Crippen LogP contribution in [-0.2, 0) is 18.6 Å². The fourth-order valence-electron chi connectivity index (χ4n) is 1.63. The third-order valence-corrected chi connectivity index (χ3v) is 3.47. The predicted octanol–water partition coefficient (Wildman–Crippen LogP) is 2.16. The smallest absolute Gasteiger partial charge is 0.456 e. The summed E-state index contributed by atoms with van der Waals surface area (Å²) in [6.45, 7) is 9.92. The van der Waals surface area contributed by atoms with Crippen molar-refractivity contribution < 1.29 is 28.4 Å². The summed E-state index contributed by atoms with van der Waals surface area (Å²) in [5.41, 5.74) is -0.983. The first-order chi connectivity index (χ1) is 8.08. The molecule has 0 amide bonds. The standard InChI is InChI=1S/C11H21O6P/c1-6-11(7-2,17-18(13,14)15)9(5)16-10(12)8(3)4/h9H,3,6-7H2,1-2,4-5H3,(H2,13,14,15). The number of ether oxygens (including phenoxy) is 1. The molecule has 0 radical (unpaired) electrons. The van der Waals surface area contributed by atoms with Crippen molar-refractivity contribution in [1.82, 2.24) is 0 Å². The summed E-state index contributed by atoms with van der Waals surface area (Å²) in [4.78, 5) is 29.3. The van der Waals surface area contributed by atoms with Gasteiger partial charge in [-0.1, -0.05) is 20.4 Å². The quantitative estimate of drug-likeness (QED) is 0.421. The molecule has 0 aliphatic heterocycles. The average Bonchev–Trinajstić information content (AvgIpc) is 2.24. The van der Waals surface area contributed by atoms with Crippen molar-refractivity contribution in [1.29, 1.82) is 0 Å². The van der Waals surface area contributed by atoms with Crippen molar-refractivity contribution in [2.24, 2.45) is 0 Å². The number of hydrogen-bond acceptors (Lipinski definition) is 4. The molecule has 0 rings (SSSR count).